The number of aromatic hydroxyl groups is 1. The van der Waals surface area contributed by atoms with Gasteiger partial charge in [0, 0.05) is 5.02 Å². The predicted molar refractivity (Wildman–Crippen MR) is 67.1 cm³/mol. The standard InChI is InChI=1S/C13H10ClNO2/c14-10-3-1-2-8(6-10)9-4-5-11(13(15)17)12(16)7-9/h1-7,16H,(H2,15,17). The average molecular weight is 248 g/mol. The lowest BCUT2D eigenvalue weighted by atomic mass is 10.0. The van der Waals surface area contributed by atoms with Gasteiger partial charge in [0.25, 0.3) is 5.91 Å². The Labute approximate surface area is 103 Å². The molecule has 2 aromatic carbocycles. The zero-order chi connectivity index (χ0) is 12.4. The van der Waals surface area contributed by atoms with Crippen molar-refractivity contribution in [3.05, 3.63) is 53.1 Å². The van der Waals surface area contributed by atoms with E-state index in [4.69, 9.17) is 17.3 Å². The molecule has 17 heavy (non-hydrogen) atoms. The molecule has 0 heterocycles. The second-order valence-electron chi connectivity index (χ2n) is 3.61. The van der Waals surface area contributed by atoms with Gasteiger partial charge in [-0.15, -0.1) is 0 Å². The van der Waals surface area contributed by atoms with Gasteiger partial charge >= 0.3 is 0 Å². The Morgan fingerprint density at radius 1 is 1.12 bits per heavy atom. The van der Waals surface area contributed by atoms with Gasteiger partial charge in [-0.05, 0) is 35.4 Å². The maximum absolute atomic E-state index is 11.0. The van der Waals surface area contributed by atoms with E-state index >= 15 is 0 Å². The highest BCUT2D eigenvalue weighted by atomic mass is 35.5. The Balaban J connectivity index is 2.48. The van der Waals surface area contributed by atoms with Crippen LogP contribution < -0.4 is 5.73 Å². The fourth-order valence-corrected chi connectivity index (χ4v) is 1.78. The number of halogens is 1. The number of hydrogen-bond acceptors (Lipinski definition) is 2. The quantitative estimate of drug-likeness (QED) is 0.857. The normalized spacial score (nSPS) is 10.2. The van der Waals surface area contributed by atoms with E-state index in [0.29, 0.717) is 5.02 Å². The number of carbonyl (C=O) groups is 1. The van der Waals surface area contributed by atoms with Crippen LogP contribution in [0.15, 0.2) is 42.5 Å². The summed E-state index contributed by atoms with van der Waals surface area (Å²) < 4.78 is 0. The van der Waals surface area contributed by atoms with Crippen molar-refractivity contribution in [2.75, 3.05) is 0 Å². The lowest BCUT2D eigenvalue weighted by Gasteiger charge is -2.05. The van der Waals surface area contributed by atoms with Crippen LogP contribution in [0.4, 0.5) is 0 Å². The number of carbonyl (C=O) groups excluding carboxylic acids is 1. The minimum absolute atomic E-state index is 0.107. The van der Waals surface area contributed by atoms with E-state index < -0.39 is 5.91 Å². The molecule has 0 spiro atoms. The molecule has 3 N–H and O–H groups in total. The van der Waals surface area contributed by atoms with E-state index in [1.165, 1.54) is 12.1 Å². The molecule has 0 saturated heterocycles. The third kappa shape index (κ3) is 2.40. The van der Waals surface area contributed by atoms with Crippen molar-refractivity contribution in [2.45, 2.75) is 0 Å². The summed E-state index contributed by atoms with van der Waals surface area (Å²) in [6.45, 7) is 0. The maximum Gasteiger partial charge on any atom is 0.252 e. The second-order valence-corrected chi connectivity index (χ2v) is 4.04. The summed E-state index contributed by atoms with van der Waals surface area (Å²) >= 11 is 5.88. The first-order valence-electron chi connectivity index (χ1n) is 4.96. The van der Waals surface area contributed by atoms with Gasteiger partial charge in [-0.25, -0.2) is 0 Å². The molecule has 2 rings (SSSR count). The van der Waals surface area contributed by atoms with Crippen LogP contribution in [0.5, 0.6) is 5.75 Å². The lowest BCUT2D eigenvalue weighted by Crippen LogP contribution is -2.10. The minimum atomic E-state index is -0.653. The second kappa shape index (κ2) is 4.47. The Morgan fingerprint density at radius 2 is 1.82 bits per heavy atom. The smallest absolute Gasteiger partial charge is 0.252 e. The first-order chi connectivity index (χ1) is 8.08. The van der Waals surface area contributed by atoms with Crippen LogP contribution in [0.25, 0.3) is 11.1 Å². The van der Waals surface area contributed by atoms with Crippen LogP contribution in [0.3, 0.4) is 0 Å². The monoisotopic (exact) mass is 247 g/mol. The molecule has 2 aromatic rings. The molecule has 0 radical (unpaired) electrons. The highest BCUT2D eigenvalue weighted by Gasteiger charge is 2.08. The molecule has 0 fully saturated rings. The zero-order valence-electron chi connectivity index (χ0n) is 8.85. The highest BCUT2D eigenvalue weighted by Crippen LogP contribution is 2.27. The molecular weight excluding hydrogens is 238 g/mol. The fraction of sp³-hybridized carbons (Fsp3) is 0. The summed E-state index contributed by atoms with van der Waals surface area (Å²) in [5, 5.41) is 10.3. The van der Waals surface area contributed by atoms with Gasteiger partial charge in [-0.2, -0.15) is 0 Å². The van der Waals surface area contributed by atoms with Crippen molar-refractivity contribution in [3.63, 3.8) is 0 Å². The predicted octanol–water partition coefficient (Wildman–Crippen LogP) is 2.81. The summed E-state index contributed by atoms with van der Waals surface area (Å²) in [7, 11) is 0. The van der Waals surface area contributed by atoms with Crippen molar-refractivity contribution in [2.24, 2.45) is 5.73 Å². The van der Waals surface area contributed by atoms with Gasteiger partial charge in [-0.1, -0.05) is 29.8 Å². The van der Waals surface area contributed by atoms with Gasteiger partial charge < -0.3 is 10.8 Å². The van der Waals surface area contributed by atoms with Crippen molar-refractivity contribution in [3.8, 4) is 16.9 Å². The van der Waals surface area contributed by atoms with Crippen LogP contribution in [0.2, 0.25) is 5.02 Å². The van der Waals surface area contributed by atoms with Gasteiger partial charge in [0.15, 0.2) is 0 Å². The van der Waals surface area contributed by atoms with E-state index in [1.54, 1.807) is 18.2 Å². The Hall–Kier alpha value is -2.00. The summed E-state index contributed by atoms with van der Waals surface area (Å²) in [6, 6.07) is 11.9. The molecule has 0 aliphatic heterocycles. The molecule has 86 valence electrons. The number of amides is 1. The van der Waals surface area contributed by atoms with Crippen molar-refractivity contribution in [1.82, 2.24) is 0 Å². The average Bonchev–Trinajstić information content (AvgIpc) is 2.28. The summed E-state index contributed by atoms with van der Waals surface area (Å²) in [4.78, 5) is 11.0. The third-order valence-electron chi connectivity index (χ3n) is 2.42. The first kappa shape index (κ1) is 11.5. The molecule has 0 saturated carbocycles. The Morgan fingerprint density at radius 3 is 2.41 bits per heavy atom. The number of primary amides is 1. The zero-order valence-corrected chi connectivity index (χ0v) is 9.61. The van der Waals surface area contributed by atoms with E-state index in [-0.39, 0.29) is 11.3 Å². The number of benzene rings is 2. The molecule has 4 heteroatoms. The summed E-state index contributed by atoms with van der Waals surface area (Å²) in [6.07, 6.45) is 0. The molecule has 0 unspecified atom stereocenters. The number of rotatable bonds is 2. The molecule has 0 aliphatic carbocycles. The van der Waals surface area contributed by atoms with Gasteiger partial charge in [0.05, 0.1) is 5.56 Å². The van der Waals surface area contributed by atoms with Crippen LogP contribution in [-0.4, -0.2) is 11.0 Å². The van der Waals surface area contributed by atoms with Crippen molar-refractivity contribution >= 4 is 17.5 Å². The van der Waals surface area contributed by atoms with Crippen LogP contribution in [-0.2, 0) is 0 Å². The van der Waals surface area contributed by atoms with Crippen LogP contribution in [0, 0.1) is 0 Å². The molecule has 3 nitrogen and oxygen atoms in total. The highest BCUT2D eigenvalue weighted by molar-refractivity contribution is 6.30. The molecule has 0 atom stereocenters. The number of nitrogens with two attached hydrogens (primary N) is 1. The molecule has 0 bridgehead atoms. The first-order valence-corrected chi connectivity index (χ1v) is 5.34. The lowest BCUT2D eigenvalue weighted by molar-refractivity contribution is 0.0998. The van der Waals surface area contributed by atoms with E-state index in [0.717, 1.165) is 11.1 Å². The molecular formula is C13H10ClNO2. The van der Waals surface area contributed by atoms with Crippen LogP contribution >= 0.6 is 11.6 Å². The van der Waals surface area contributed by atoms with Gasteiger partial charge in [0.1, 0.15) is 5.75 Å². The van der Waals surface area contributed by atoms with E-state index in [1.807, 2.05) is 12.1 Å². The van der Waals surface area contributed by atoms with Crippen molar-refractivity contribution in [1.29, 1.82) is 0 Å². The fourth-order valence-electron chi connectivity index (χ4n) is 1.59. The number of hydrogen-bond donors (Lipinski definition) is 2. The van der Waals surface area contributed by atoms with E-state index in [9.17, 15) is 9.90 Å². The molecule has 0 aromatic heterocycles. The maximum atomic E-state index is 11.0. The minimum Gasteiger partial charge on any atom is -0.507 e. The SMILES string of the molecule is NC(=O)c1ccc(-c2cccc(Cl)c2)cc1O. The number of phenols is 1. The Bertz CT molecular complexity index is 581. The third-order valence-corrected chi connectivity index (χ3v) is 2.66. The van der Waals surface area contributed by atoms with Crippen molar-refractivity contribution < 1.29 is 9.90 Å². The topological polar surface area (TPSA) is 63.3 Å². The largest absolute Gasteiger partial charge is 0.507 e. The van der Waals surface area contributed by atoms with E-state index in [2.05, 4.69) is 0 Å². The van der Waals surface area contributed by atoms with Gasteiger partial charge in [-0.3, -0.25) is 4.79 Å². The van der Waals surface area contributed by atoms with Gasteiger partial charge in [0.2, 0.25) is 0 Å². The summed E-state index contributed by atoms with van der Waals surface area (Å²) in [5.41, 5.74) is 6.85. The molecule has 1 amide bonds. The molecule has 0 aliphatic rings. The summed E-state index contributed by atoms with van der Waals surface area (Å²) in [5.74, 6) is -0.782. The Kier molecular flexibility index (Phi) is 3.02. The van der Waals surface area contributed by atoms with Crippen LogP contribution in [0.1, 0.15) is 10.4 Å².